The van der Waals surface area contributed by atoms with E-state index in [1.165, 1.54) is 13.5 Å². The lowest BCUT2D eigenvalue weighted by Gasteiger charge is -2.26. The van der Waals surface area contributed by atoms with Crippen LogP contribution in [-0.4, -0.2) is 61.9 Å². The molecule has 3 atom stereocenters. The van der Waals surface area contributed by atoms with Gasteiger partial charge in [0.05, 0.1) is 23.4 Å². The number of hydrogen-bond donors (Lipinski definition) is 0. The molecule has 0 N–H and O–H groups in total. The Morgan fingerprint density at radius 2 is 1.76 bits per heavy atom. The quantitative estimate of drug-likeness (QED) is 0.0303. The number of halogens is 1. The summed E-state index contributed by atoms with van der Waals surface area (Å²) in [5, 5.41) is 9.18. The Morgan fingerprint density at radius 1 is 1.09 bits per heavy atom. The van der Waals surface area contributed by atoms with Crippen molar-refractivity contribution in [3.63, 3.8) is 0 Å². The molecule has 0 bridgehead atoms. The van der Waals surface area contributed by atoms with Gasteiger partial charge in [-0.15, -0.1) is 14.5 Å². The normalized spacial score (nSPS) is 16.3. The number of pyridine rings is 1. The second-order valence-corrected chi connectivity index (χ2v) is 12.3. The summed E-state index contributed by atoms with van der Waals surface area (Å²) in [5.74, 6) is 3.19. The SMILES string of the molecule is COCCCN(CC1CC1C)c1cc(-c2nnc(C(C)N=C(c3ccccc3)c3ccccc3)o2)c(Cl)c(N(C)SOOC)n1. The van der Waals surface area contributed by atoms with Crippen molar-refractivity contribution < 1.29 is 18.4 Å². The Kier molecular flexibility index (Phi) is 11.5. The number of aromatic nitrogens is 3. The molecule has 45 heavy (non-hydrogen) atoms. The second-order valence-electron chi connectivity index (χ2n) is 11.1. The minimum atomic E-state index is -0.420. The van der Waals surface area contributed by atoms with Gasteiger partial charge in [0.2, 0.25) is 11.8 Å². The van der Waals surface area contributed by atoms with E-state index >= 15 is 0 Å². The molecule has 3 unspecified atom stereocenters. The zero-order valence-corrected chi connectivity index (χ0v) is 27.8. The summed E-state index contributed by atoms with van der Waals surface area (Å²) in [6, 6.07) is 21.6. The summed E-state index contributed by atoms with van der Waals surface area (Å²) in [4.78, 5) is 17.1. The molecule has 1 aliphatic rings. The van der Waals surface area contributed by atoms with Crippen LogP contribution in [0.4, 0.5) is 11.6 Å². The molecule has 2 heterocycles. The number of rotatable bonds is 16. The molecule has 0 amide bonds. The van der Waals surface area contributed by atoms with Crippen LogP contribution in [0.15, 0.2) is 76.1 Å². The predicted molar refractivity (Wildman–Crippen MR) is 180 cm³/mol. The van der Waals surface area contributed by atoms with Crippen LogP contribution in [0.2, 0.25) is 5.02 Å². The predicted octanol–water partition coefficient (Wildman–Crippen LogP) is 7.46. The van der Waals surface area contributed by atoms with E-state index in [-0.39, 0.29) is 5.89 Å². The van der Waals surface area contributed by atoms with Gasteiger partial charge >= 0.3 is 0 Å². The lowest BCUT2D eigenvalue weighted by molar-refractivity contribution is -0.160. The van der Waals surface area contributed by atoms with E-state index in [9.17, 15) is 0 Å². The van der Waals surface area contributed by atoms with Gasteiger partial charge in [0, 0.05) is 45.0 Å². The summed E-state index contributed by atoms with van der Waals surface area (Å²) in [5.41, 5.74) is 3.41. The summed E-state index contributed by atoms with van der Waals surface area (Å²) >= 11 is 7.96. The van der Waals surface area contributed by atoms with Crippen LogP contribution < -0.4 is 9.21 Å². The Morgan fingerprint density at radius 3 is 2.36 bits per heavy atom. The van der Waals surface area contributed by atoms with Crippen LogP contribution in [0.1, 0.15) is 49.7 Å². The summed E-state index contributed by atoms with van der Waals surface area (Å²) in [7, 11) is 4.96. The first-order chi connectivity index (χ1) is 21.9. The number of anilines is 2. The van der Waals surface area contributed by atoms with Crippen molar-refractivity contribution in [2.45, 2.75) is 32.7 Å². The lowest BCUT2D eigenvalue weighted by atomic mass is 10.0. The molecule has 12 heteroatoms. The molecule has 2 aromatic heterocycles. The fourth-order valence-electron chi connectivity index (χ4n) is 5.04. The topological polar surface area (TPSA) is 98.3 Å². The largest absolute Gasteiger partial charge is 0.418 e. The minimum absolute atomic E-state index is 0.283. The van der Waals surface area contributed by atoms with Crippen LogP contribution in [0.25, 0.3) is 11.5 Å². The van der Waals surface area contributed by atoms with Crippen LogP contribution in [0.5, 0.6) is 0 Å². The number of aliphatic imine (C=N–C) groups is 1. The highest BCUT2D eigenvalue weighted by atomic mass is 35.5. The van der Waals surface area contributed by atoms with E-state index in [1.54, 1.807) is 18.5 Å². The van der Waals surface area contributed by atoms with Crippen LogP contribution in [0, 0.1) is 11.8 Å². The van der Waals surface area contributed by atoms with Crippen molar-refractivity contribution in [2.75, 3.05) is 50.2 Å². The Bertz CT molecular complexity index is 1520. The van der Waals surface area contributed by atoms with Gasteiger partial charge in [-0.3, -0.25) is 9.30 Å². The third kappa shape index (κ3) is 8.42. The molecule has 10 nitrogen and oxygen atoms in total. The van der Waals surface area contributed by atoms with E-state index in [4.69, 9.17) is 40.0 Å². The molecule has 238 valence electrons. The highest BCUT2D eigenvalue weighted by Gasteiger charge is 2.35. The zero-order chi connectivity index (χ0) is 31.8. The number of ether oxygens (including phenoxy) is 1. The van der Waals surface area contributed by atoms with Crippen molar-refractivity contribution >= 4 is 41.2 Å². The fourth-order valence-corrected chi connectivity index (χ4v) is 5.75. The molecular weight excluding hydrogens is 612 g/mol. The molecule has 4 aromatic rings. The molecule has 0 spiro atoms. The first kappa shape index (κ1) is 32.9. The fraction of sp³-hybridized carbons (Fsp3) is 0.394. The maximum Gasteiger partial charge on any atom is 0.249 e. The van der Waals surface area contributed by atoms with E-state index < -0.39 is 6.04 Å². The van der Waals surface area contributed by atoms with Gasteiger partial charge in [-0.1, -0.05) is 79.2 Å². The number of methoxy groups -OCH3 is 1. The molecule has 1 aliphatic carbocycles. The van der Waals surface area contributed by atoms with E-state index in [2.05, 4.69) is 22.0 Å². The third-order valence-electron chi connectivity index (χ3n) is 7.71. The van der Waals surface area contributed by atoms with Crippen molar-refractivity contribution in [3.05, 3.63) is 88.8 Å². The van der Waals surface area contributed by atoms with Crippen molar-refractivity contribution in [3.8, 4) is 11.5 Å². The second kappa shape index (κ2) is 15.7. The summed E-state index contributed by atoms with van der Waals surface area (Å²) in [6.07, 6.45) is 2.06. The Hall–Kier alpha value is -3.48. The van der Waals surface area contributed by atoms with Crippen molar-refractivity contribution in [1.82, 2.24) is 15.2 Å². The highest BCUT2D eigenvalue weighted by molar-refractivity contribution is 7.95. The average molecular weight is 651 g/mol. The van der Waals surface area contributed by atoms with Crippen LogP contribution in [-0.2, 0) is 14.0 Å². The van der Waals surface area contributed by atoms with E-state index in [0.29, 0.717) is 40.7 Å². The molecule has 2 aromatic carbocycles. The number of hydrogen-bond acceptors (Lipinski definition) is 11. The maximum atomic E-state index is 6.99. The van der Waals surface area contributed by atoms with Gasteiger partial charge in [0.1, 0.15) is 11.9 Å². The maximum absolute atomic E-state index is 6.99. The zero-order valence-electron chi connectivity index (χ0n) is 26.2. The first-order valence-corrected chi connectivity index (χ1v) is 16.0. The van der Waals surface area contributed by atoms with Gasteiger partial charge in [0.25, 0.3) is 0 Å². The third-order valence-corrected chi connectivity index (χ3v) is 8.68. The standard InChI is InChI=1S/C33H39ClN6O4S/c1-22-19-26(22)21-40(17-12-18-41-4)28-20-27(29(34)31(36-28)39(3)45-44-42-5)33-38-37-32(43-33)23(2)35-30(24-13-8-6-9-14-24)25-15-10-7-11-16-25/h6-11,13-16,20,22-23,26H,12,17-19,21H2,1-5H3. The Balaban J connectivity index is 1.51. The van der Waals surface area contributed by atoms with Crippen molar-refractivity contribution in [2.24, 2.45) is 16.8 Å². The monoisotopic (exact) mass is 650 g/mol. The molecule has 5 rings (SSSR count). The van der Waals surface area contributed by atoms with Gasteiger partial charge in [0.15, 0.2) is 18.0 Å². The van der Waals surface area contributed by atoms with Gasteiger partial charge in [-0.2, -0.15) is 0 Å². The number of nitrogens with zero attached hydrogens (tertiary/aromatic N) is 6. The summed E-state index contributed by atoms with van der Waals surface area (Å²) in [6.45, 7) is 6.53. The van der Waals surface area contributed by atoms with Crippen LogP contribution in [0.3, 0.4) is 0 Å². The molecule has 0 aliphatic heterocycles. The molecule has 1 fully saturated rings. The Labute approximate surface area is 274 Å². The smallest absolute Gasteiger partial charge is 0.249 e. The van der Waals surface area contributed by atoms with Crippen LogP contribution >= 0.6 is 23.8 Å². The first-order valence-electron chi connectivity index (χ1n) is 15.0. The lowest BCUT2D eigenvalue weighted by Crippen LogP contribution is -2.29. The van der Waals surface area contributed by atoms with Gasteiger partial charge in [-0.05, 0) is 37.7 Å². The van der Waals surface area contributed by atoms with Gasteiger partial charge in [-0.25, -0.2) is 9.87 Å². The van der Waals surface area contributed by atoms with E-state index in [0.717, 1.165) is 54.4 Å². The van der Waals surface area contributed by atoms with Gasteiger partial charge < -0.3 is 14.1 Å². The summed E-state index contributed by atoms with van der Waals surface area (Å²) < 4.78 is 18.4. The molecular formula is C33H39ClN6O4S. The highest BCUT2D eigenvalue weighted by Crippen LogP contribution is 2.42. The number of benzene rings is 2. The molecule has 1 saturated carbocycles. The molecule has 0 saturated heterocycles. The van der Waals surface area contributed by atoms with E-state index in [1.807, 2.05) is 73.7 Å². The van der Waals surface area contributed by atoms with Crippen molar-refractivity contribution in [1.29, 1.82) is 0 Å². The molecule has 0 radical (unpaired) electrons. The minimum Gasteiger partial charge on any atom is -0.418 e. The average Bonchev–Trinajstić information content (AvgIpc) is 3.53.